The van der Waals surface area contributed by atoms with Crippen molar-refractivity contribution in [3.8, 4) is 0 Å². The molecule has 0 bridgehead atoms. The van der Waals surface area contributed by atoms with E-state index < -0.39 is 12.1 Å². The van der Waals surface area contributed by atoms with Crippen LogP contribution in [-0.2, 0) is 16.1 Å². The third-order valence-electron chi connectivity index (χ3n) is 3.48. The van der Waals surface area contributed by atoms with Gasteiger partial charge in [0.2, 0.25) is 0 Å². The second-order valence-electron chi connectivity index (χ2n) is 5.36. The highest BCUT2D eigenvalue weighted by Gasteiger charge is 2.33. The van der Waals surface area contributed by atoms with Gasteiger partial charge in [-0.15, -0.1) is 16.4 Å². The van der Waals surface area contributed by atoms with Crippen LogP contribution in [0.4, 0.5) is 0 Å². The summed E-state index contributed by atoms with van der Waals surface area (Å²) in [7, 11) is 0. The van der Waals surface area contributed by atoms with Gasteiger partial charge >= 0.3 is 5.97 Å². The van der Waals surface area contributed by atoms with Gasteiger partial charge in [-0.1, -0.05) is 11.3 Å². The molecule has 1 unspecified atom stereocenters. The molecule has 1 saturated heterocycles. The molecule has 0 aromatic carbocycles. The van der Waals surface area contributed by atoms with Crippen LogP contribution >= 0.6 is 11.3 Å². The van der Waals surface area contributed by atoms with Crippen molar-refractivity contribution >= 4 is 23.2 Å². The van der Waals surface area contributed by atoms with Crippen LogP contribution in [0.1, 0.15) is 22.3 Å². The van der Waals surface area contributed by atoms with E-state index in [4.69, 9.17) is 9.84 Å². The standard InChI is InChI=1S/C14H16N4O4S/c1-9-5-17(8-12(22-9)14(20)21)13(19)11-7-18(16-15-11)6-10-3-2-4-23-10/h2-4,7,9,12H,5-6,8H2,1H3,(H,20,21)/t9-,12?/m1/s1. The quantitative estimate of drug-likeness (QED) is 0.883. The van der Waals surface area contributed by atoms with E-state index in [2.05, 4.69) is 10.3 Å². The number of nitrogens with zero attached hydrogens (tertiary/aromatic N) is 4. The number of aromatic nitrogens is 3. The lowest BCUT2D eigenvalue weighted by Crippen LogP contribution is -2.51. The van der Waals surface area contributed by atoms with Crippen LogP contribution in [0.15, 0.2) is 23.7 Å². The lowest BCUT2D eigenvalue weighted by molar-refractivity contribution is -0.160. The Kier molecular flexibility index (Phi) is 4.39. The van der Waals surface area contributed by atoms with E-state index in [1.54, 1.807) is 29.1 Å². The Bertz CT molecular complexity index is 699. The van der Waals surface area contributed by atoms with Crippen molar-refractivity contribution in [2.75, 3.05) is 13.1 Å². The van der Waals surface area contributed by atoms with E-state index in [1.165, 1.54) is 4.90 Å². The second-order valence-corrected chi connectivity index (χ2v) is 6.40. The van der Waals surface area contributed by atoms with Crippen LogP contribution in [-0.4, -0.2) is 62.2 Å². The summed E-state index contributed by atoms with van der Waals surface area (Å²) in [5.41, 5.74) is 0.208. The minimum Gasteiger partial charge on any atom is -0.479 e. The number of ether oxygens (including phenoxy) is 1. The molecule has 2 aromatic rings. The summed E-state index contributed by atoms with van der Waals surface area (Å²) in [6, 6.07) is 3.93. The molecule has 23 heavy (non-hydrogen) atoms. The fourth-order valence-corrected chi connectivity index (χ4v) is 3.15. The van der Waals surface area contributed by atoms with Gasteiger partial charge in [-0.3, -0.25) is 4.79 Å². The number of carboxylic acid groups (broad SMARTS) is 1. The van der Waals surface area contributed by atoms with Gasteiger partial charge in [-0.05, 0) is 18.4 Å². The number of hydrogen-bond acceptors (Lipinski definition) is 6. The number of morpholine rings is 1. The molecule has 3 heterocycles. The average molecular weight is 336 g/mol. The monoisotopic (exact) mass is 336 g/mol. The Labute approximate surface area is 136 Å². The van der Waals surface area contributed by atoms with Crippen LogP contribution in [0.2, 0.25) is 0 Å². The predicted octanol–water partition coefficient (Wildman–Crippen LogP) is 0.702. The van der Waals surface area contributed by atoms with Crippen LogP contribution in [0.3, 0.4) is 0 Å². The number of thiophene rings is 1. The highest BCUT2D eigenvalue weighted by molar-refractivity contribution is 7.09. The first kappa shape index (κ1) is 15.6. The number of carboxylic acids is 1. The zero-order chi connectivity index (χ0) is 16.4. The average Bonchev–Trinajstić information content (AvgIpc) is 3.18. The summed E-state index contributed by atoms with van der Waals surface area (Å²) in [6.07, 6.45) is 0.233. The molecular formula is C14H16N4O4S. The maximum absolute atomic E-state index is 12.5. The minimum atomic E-state index is -1.07. The van der Waals surface area contributed by atoms with Gasteiger partial charge in [-0.2, -0.15) is 0 Å². The van der Waals surface area contributed by atoms with Crippen molar-refractivity contribution in [2.24, 2.45) is 0 Å². The van der Waals surface area contributed by atoms with Crippen LogP contribution in [0, 0.1) is 0 Å². The van der Waals surface area contributed by atoms with Gasteiger partial charge in [0, 0.05) is 11.4 Å². The highest BCUT2D eigenvalue weighted by atomic mass is 32.1. The maximum atomic E-state index is 12.5. The minimum absolute atomic E-state index is 0.0102. The molecular weight excluding hydrogens is 320 g/mol. The van der Waals surface area contributed by atoms with Crippen molar-refractivity contribution in [3.63, 3.8) is 0 Å². The number of carbonyl (C=O) groups is 2. The fraction of sp³-hybridized carbons (Fsp3) is 0.429. The van der Waals surface area contributed by atoms with Crippen LogP contribution in [0.5, 0.6) is 0 Å². The molecule has 0 aliphatic carbocycles. The Hall–Kier alpha value is -2.26. The molecule has 1 aliphatic heterocycles. The third-order valence-corrected chi connectivity index (χ3v) is 4.34. The molecule has 3 rings (SSSR count). The van der Waals surface area contributed by atoms with Crippen molar-refractivity contribution in [1.82, 2.24) is 19.9 Å². The normalized spacial score (nSPS) is 21.3. The largest absolute Gasteiger partial charge is 0.479 e. The number of rotatable bonds is 4. The lowest BCUT2D eigenvalue weighted by Gasteiger charge is -2.34. The molecule has 1 fully saturated rings. The Morgan fingerprint density at radius 2 is 2.30 bits per heavy atom. The van der Waals surface area contributed by atoms with E-state index in [-0.39, 0.29) is 24.2 Å². The first-order chi connectivity index (χ1) is 11.0. The predicted molar refractivity (Wildman–Crippen MR) is 81.3 cm³/mol. The first-order valence-electron chi connectivity index (χ1n) is 7.13. The van der Waals surface area contributed by atoms with E-state index in [0.29, 0.717) is 13.1 Å². The molecule has 8 nitrogen and oxygen atoms in total. The van der Waals surface area contributed by atoms with Crippen molar-refractivity contribution in [2.45, 2.75) is 25.7 Å². The second kappa shape index (κ2) is 6.47. The van der Waals surface area contributed by atoms with Gasteiger partial charge in [0.25, 0.3) is 5.91 Å². The molecule has 1 amide bonds. The van der Waals surface area contributed by atoms with Gasteiger partial charge in [0.1, 0.15) is 0 Å². The van der Waals surface area contributed by atoms with Gasteiger partial charge in [0.15, 0.2) is 11.8 Å². The molecule has 122 valence electrons. The van der Waals surface area contributed by atoms with Crippen LogP contribution in [0.25, 0.3) is 0 Å². The maximum Gasteiger partial charge on any atom is 0.334 e. The zero-order valence-corrected chi connectivity index (χ0v) is 13.3. The van der Waals surface area contributed by atoms with E-state index in [1.807, 2.05) is 17.5 Å². The molecule has 1 N–H and O–H groups in total. The molecule has 0 saturated carbocycles. The van der Waals surface area contributed by atoms with Crippen molar-refractivity contribution < 1.29 is 19.4 Å². The molecule has 2 aromatic heterocycles. The van der Waals surface area contributed by atoms with Gasteiger partial charge < -0.3 is 14.7 Å². The lowest BCUT2D eigenvalue weighted by atomic mass is 10.2. The van der Waals surface area contributed by atoms with Gasteiger partial charge in [-0.25, -0.2) is 9.48 Å². The summed E-state index contributed by atoms with van der Waals surface area (Å²) in [5.74, 6) is -1.40. The first-order valence-corrected chi connectivity index (χ1v) is 8.01. The SMILES string of the molecule is C[C@@H]1CN(C(=O)c2cn(Cc3cccs3)nn2)CC(C(=O)O)O1. The fourth-order valence-electron chi connectivity index (χ4n) is 2.45. The topological polar surface area (TPSA) is 97.6 Å². The van der Waals surface area contributed by atoms with Crippen molar-refractivity contribution in [3.05, 3.63) is 34.3 Å². The molecule has 0 radical (unpaired) electrons. The summed E-state index contributed by atoms with van der Waals surface area (Å²) in [6.45, 7) is 2.63. The highest BCUT2D eigenvalue weighted by Crippen LogP contribution is 2.15. The molecule has 1 aliphatic rings. The smallest absolute Gasteiger partial charge is 0.334 e. The van der Waals surface area contributed by atoms with E-state index in [0.717, 1.165) is 4.88 Å². The molecule has 9 heteroatoms. The molecule has 0 spiro atoms. The van der Waals surface area contributed by atoms with Crippen LogP contribution < -0.4 is 0 Å². The Balaban J connectivity index is 1.70. The zero-order valence-electron chi connectivity index (χ0n) is 12.5. The number of amides is 1. The number of aliphatic carboxylic acids is 1. The third kappa shape index (κ3) is 3.57. The van der Waals surface area contributed by atoms with E-state index in [9.17, 15) is 9.59 Å². The van der Waals surface area contributed by atoms with E-state index >= 15 is 0 Å². The van der Waals surface area contributed by atoms with Crippen molar-refractivity contribution in [1.29, 1.82) is 0 Å². The Morgan fingerprint density at radius 3 is 3.00 bits per heavy atom. The summed E-state index contributed by atoms with van der Waals surface area (Å²) < 4.78 is 6.90. The number of carbonyl (C=O) groups excluding carboxylic acids is 1. The molecule has 2 atom stereocenters. The Morgan fingerprint density at radius 1 is 1.48 bits per heavy atom. The summed E-state index contributed by atoms with van der Waals surface area (Å²) >= 11 is 1.60. The number of hydrogen-bond donors (Lipinski definition) is 1. The summed E-state index contributed by atoms with van der Waals surface area (Å²) in [4.78, 5) is 26.1. The van der Waals surface area contributed by atoms with Gasteiger partial charge in [0.05, 0.1) is 25.4 Å². The summed E-state index contributed by atoms with van der Waals surface area (Å²) in [5, 5.41) is 18.9.